The summed E-state index contributed by atoms with van der Waals surface area (Å²) in [6.45, 7) is 5.20. The average Bonchev–Trinajstić information content (AvgIpc) is 3.33. The molecule has 0 aliphatic carbocycles. The summed E-state index contributed by atoms with van der Waals surface area (Å²) in [4.78, 5) is 26.8. The molecule has 3 atom stereocenters. The van der Waals surface area contributed by atoms with Gasteiger partial charge in [-0.3, -0.25) is 24.3 Å². The lowest BCUT2D eigenvalue weighted by Crippen LogP contribution is -2.58. The monoisotopic (exact) mass is 487 g/mol. The maximum absolute atomic E-state index is 13.2. The number of fused-ring (bicyclic) bond motifs is 2. The number of aromatic nitrogens is 5. The topological polar surface area (TPSA) is 95.9 Å². The van der Waals surface area contributed by atoms with Crippen molar-refractivity contribution in [1.82, 2.24) is 29.2 Å². The molecule has 1 unspecified atom stereocenters. The van der Waals surface area contributed by atoms with Crippen LogP contribution < -0.4 is 10.5 Å². The fourth-order valence-electron chi connectivity index (χ4n) is 5.38. The zero-order valence-electron chi connectivity index (χ0n) is 23.8. The Morgan fingerprint density at radius 1 is 1.14 bits per heavy atom. The Kier molecular flexibility index (Phi) is 5.51. The minimum absolute atomic E-state index is 0.0421. The molecule has 36 heavy (non-hydrogen) atoms. The molecular weight excluding hydrogens is 452 g/mol. The molecule has 0 radical (unpaired) electrons. The van der Waals surface area contributed by atoms with Crippen LogP contribution >= 0.6 is 0 Å². The Morgan fingerprint density at radius 3 is 2.64 bits per heavy atom. The summed E-state index contributed by atoms with van der Waals surface area (Å²) in [6.07, 6.45) is 6.60. The third kappa shape index (κ3) is 4.11. The van der Waals surface area contributed by atoms with Gasteiger partial charge in [0.1, 0.15) is 12.1 Å². The van der Waals surface area contributed by atoms with Gasteiger partial charge in [0.05, 0.1) is 34.5 Å². The van der Waals surface area contributed by atoms with E-state index >= 15 is 0 Å². The summed E-state index contributed by atoms with van der Waals surface area (Å²) in [7, 11) is 0. The molecular formula is C27H32N8O. The van der Waals surface area contributed by atoms with Gasteiger partial charge in [-0.2, -0.15) is 10.4 Å². The second-order valence-electron chi connectivity index (χ2n) is 9.38. The minimum Gasteiger partial charge on any atom is -0.364 e. The zero-order valence-corrected chi connectivity index (χ0v) is 20.8. The first-order valence-corrected chi connectivity index (χ1v) is 12.4. The number of rotatable bonds is 6. The Hall–Kier alpha value is -3.77. The molecule has 1 aliphatic rings. The maximum atomic E-state index is 13.2. The van der Waals surface area contributed by atoms with Gasteiger partial charge in [0, 0.05) is 60.8 Å². The molecule has 1 fully saturated rings. The molecule has 9 nitrogen and oxygen atoms in total. The van der Waals surface area contributed by atoms with Crippen molar-refractivity contribution in [3.8, 4) is 6.07 Å². The standard InChI is InChI=1S/C27H32N8O/c1-5-20-16-35(24-14-26(36)32(4)25-17-33(12-9-28)31-27(24)25)21(6-2)15-34(20)18(3)19-7-8-22-23(13-19)30-11-10-29-22/h7-8,10-11,13-14,17-18,20-21H,5-6,12,15-16H2,1-4H3/t18?,20-,21+/m1/s1/i4D3. The average molecular weight is 488 g/mol. The maximum Gasteiger partial charge on any atom is 0.252 e. The molecule has 0 amide bonds. The lowest BCUT2D eigenvalue weighted by molar-refractivity contribution is 0.101. The van der Waals surface area contributed by atoms with E-state index in [1.54, 1.807) is 12.4 Å². The van der Waals surface area contributed by atoms with Gasteiger partial charge < -0.3 is 9.47 Å². The summed E-state index contributed by atoms with van der Waals surface area (Å²) in [6, 6.07) is 10.1. The van der Waals surface area contributed by atoms with Crippen LogP contribution in [0.5, 0.6) is 0 Å². The lowest BCUT2D eigenvalue weighted by Gasteiger charge is -2.49. The molecule has 0 saturated carbocycles. The predicted molar refractivity (Wildman–Crippen MR) is 141 cm³/mol. The van der Waals surface area contributed by atoms with Gasteiger partial charge in [-0.15, -0.1) is 0 Å². The first-order chi connectivity index (χ1) is 18.7. The van der Waals surface area contributed by atoms with Gasteiger partial charge in [-0.25, -0.2) is 0 Å². The van der Waals surface area contributed by atoms with Gasteiger partial charge in [-0.05, 0) is 37.5 Å². The third-order valence-electron chi connectivity index (χ3n) is 7.40. The van der Waals surface area contributed by atoms with Crippen molar-refractivity contribution in [2.75, 3.05) is 18.0 Å². The van der Waals surface area contributed by atoms with Crippen LogP contribution in [0.4, 0.5) is 5.69 Å². The second kappa shape index (κ2) is 9.70. The fourth-order valence-corrected chi connectivity index (χ4v) is 5.38. The van der Waals surface area contributed by atoms with E-state index in [2.05, 4.69) is 57.8 Å². The predicted octanol–water partition coefficient (Wildman–Crippen LogP) is 3.64. The Morgan fingerprint density at radius 2 is 1.92 bits per heavy atom. The Labute approximate surface area is 214 Å². The van der Waals surface area contributed by atoms with Crippen molar-refractivity contribution >= 4 is 27.8 Å². The van der Waals surface area contributed by atoms with E-state index in [0.717, 1.165) is 35.0 Å². The van der Waals surface area contributed by atoms with E-state index in [1.807, 2.05) is 12.1 Å². The zero-order chi connectivity index (χ0) is 27.9. The number of aryl methyl sites for hydroxylation is 1. The normalized spacial score (nSPS) is 21.2. The summed E-state index contributed by atoms with van der Waals surface area (Å²) in [5, 5.41) is 13.8. The molecule has 1 saturated heterocycles. The van der Waals surface area contributed by atoms with Crippen LogP contribution in [0.15, 0.2) is 47.7 Å². The molecule has 5 rings (SSSR count). The van der Waals surface area contributed by atoms with Gasteiger partial charge in [0.25, 0.3) is 5.56 Å². The highest BCUT2D eigenvalue weighted by atomic mass is 16.1. The summed E-state index contributed by atoms with van der Waals surface area (Å²) >= 11 is 0. The molecule has 1 aromatic carbocycles. The number of hydrogen-bond acceptors (Lipinski definition) is 7. The molecule has 9 heteroatoms. The van der Waals surface area contributed by atoms with E-state index in [1.165, 1.54) is 22.5 Å². The van der Waals surface area contributed by atoms with Crippen molar-refractivity contribution in [3.63, 3.8) is 0 Å². The number of nitrogens with zero attached hydrogens (tertiary/aromatic N) is 8. The van der Waals surface area contributed by atoms with Crippen LogP contribution in [0, 0.1) is 11.3 Å². The van der Waals surface area contributed by atoms with Crippen LogP contribution in [0.3, 0.4) is 0 Å². The van der Waals surface area contributed by atoms with E-state index in [9.17, 15) is 10.1 Å². The van der Waals surface area contributed by atoms with E-state index < -0.39 is 12.5 Å². The SMILES string of the molecule is [2H]C([2H])([2H])n1c(=O)cc(N2C[C@@H](CC)N(C(C)c3ccc4nccnc4c3)C[C@@H]2CC)c2nn(CC#N)cc21. The van der Waals surface area contributed by atoms with Crippen molar-refractivity contribution in [2.24, 2.45) is 6.98 Å². The quantitative estimate of drug-likeness (QED) is 0.410. The molecule has 186 valence electrons. The van der Waals surface area contributed by atoms with Crippen LogP contribution in [0.25, 0.3) is 22.1 Å². The largest absolute Gasteiger partial charge is 0.364 e. The third-order valence-corrected chi connectivity index (χ3v) is 7.40. The number of benzene rings is 1. The van der Waals surface area contributed by atoms with E-state index in [-0.39, 0.29) is 30.2 Å². The van der Waals surface area contributed by atoms with Crippen molar-refractivity contribution in [2.45, 2.75) is 58.3 Å². The molecule has 0 N–H and O–H groups in total. The van der Waals surface area contributed by atoms with Crippen LogP contribution in [0.1, 0.15) is 49.3 Å². The van der Waals surface area contributed by atoms with Gasteiger partial charge >= 0.3 is 0 Å². The Bertz CT molecular complexity index is 1600. The molecule has 4 aromatic rings. The fraction of sp³-hybridized carbons (Fsp3) is 0.444. The number of hydrogen-bond donors (Lipinski definition) is 0. The molecule has 3 aromatic heterocycles. The molecule has 1 aliphatic heterocycles. The summed E-state index contributed by atoms with van der Waals surface area (Å²) < 4.78 is 26.0. The number of anilines is 1. The van der Waals surface area contributed by atoms with Crippen LogP contribution in [0.2, 0.25) is 0 Å². The van der Waals surface area contributed by atoms with Gasteiger partial charge in [0.2, 0.25) is 0 Å². The highest BCUT2D eigenvalue weighted by molar-refractivity contribution is 5.88. The molecule has 0 bridgehead atoms. The highest BCUT2D eigenvalue weighted by Gasteiger charge is 2.36. The Balaban J connectivity index is 1.54. The van der Waals surface area contributed by atoms with Crippen LogP contribution in [-0.4, -0.2) is 54.4 Å². The van der Waals surface area contributed by atoms with Crippen LogP contribution in [-0.2, 0) is 13.5 Å². The molecule has 4 heterocycles. The van der Waals surface area contributed by atoms with Crippen molar-refractivity contribution in [1.29, 1.82) is 5.26 Å². The first-order valence-electron chi connectivity index (χ1n) is 13.9. The number of piperazine rings is 1. The molecule has 0 spiro atoms. The minimum atomic E-state index is -2.66. The number of pyridine rings is 1. The first kappa shape index (κ1) is 20.4. The summed E-state index contributed by atoms with van der Waals surface area (Å²) in [5.74, 6) is 0. The van der Waals surface area contributed by atoms with E-state index in [4.69, 9.17) is 4.11 Å². The van der Waals surface area contributed by atoms with Gasteiger partial charge in [0.15, 0.2) is 0 Å². The van der Waals surface area contributed by atoms with Crippen molar-refractivity contribution in [3.05, 3.63) is 58.8 Å². The summed E-state index contributed by atoms with van der Waals surface area (Å²) in [5.41, 5.74) is 3.54. The van der Waals surface area contributed by atoms with Gasteiger partial charge in [-0.1, -0.05) is 19.9 Å². The highest BCUT2D eigenvalue weighted by Crippen LogP contribution is 2.34. The lowest BCUT2D eigenvalue weighted by atomic mass is 9.96. The van der Waals surface area contributed by atoms with Crippen molar-refractivity contribution < 1.29 is 4.11 Å². The second-order valence-corrected chi connectivity index (χ2v) is 9.38. The van der Waals surface area contributed by atoms with E-state index in [0.29, 0.717) is 17.7 Å². The number of nitriles is 1. The smallest absolute Gasteiger partial charge is 0.252 e.